The number of benzene rings is 2. The van der Waals surface area contributed by atoms with Gasteiger partial charge >= 0.3 is 0 Å². The molecule has 0 saturated heterocycles. The van der Waals surface area contributed by atoms with Crippen LogP contribution in [0.1, 0.15) is 39.8 Å². The normalized spacial score (nSPS) is 13.6. The number of rotatable bonds is 6. The van der Waals surface area contributed by atoms with E-state index in [1.807, 2.05) is 36.4 Å². The highest BCUT2D eigenvalue weighted by Gasteiger charge is 2.28. The molecule has 2 aromatic carbocycles. The van der Waals surface area contributed by atoms with Gasteiger partial charge in [-0.3, -0.25) is 9.59 Å². The number of fused-ring (bicyclic) bond motifs is 2. The maximum Gasteiger partial charge on any atom is 0.275 e. The predicted octanol–water partition coefficient (Wildman–Crippen LogP) is 5.18. The Labute approximate surface area is 200 Å². The fourth-order valence-electron chi connectivity index (χ4n) is 3.41. The second kappa shape index (κ2) is 8.36. The van der Waals surface area contributed by atoms with E-state index in [1.165, 1.54) is 15.9 Å². The van der Waals surface area contributed by atoms with Crippen LogP contribution >= 0.6 is 34.4 Å². The fourth-order valence-corrected chi connectivity index (χ4v) is 6.50. The predicted molar refractivity (Wildman–Crippen MR) is 133 cm³/mol. The molecule has 1 N–H and O–H groups in total. The first kappa shape index (κ1) is 20.5. The van der Waals surface area contributed by atoms with E-state index in [4.69, 9.17) is 0 Å². The van der Waals surface area contributed by atoms with Crippen LogP contribution in [0.5, 0.6) is 0 Å². The molecule has 164 valence electrons. The quantitative estimate of drug-likeness (QED) is 0.329. The first-order valence-electron chi connectivity index (χ1n) is 10.4. The van der Waals surface area contributed by atoms with E-state index >= 15 is 0 Å². The van der Waals surface area contributed by atoms with Crippen LogP contribution in [0.3, 0.4) is 0 Å². The van der Waals surface area contributed by atoms with Crippen LogP contribution in [0.15, 0.2) is 63.7 Å². The summed E-state index contributed by atoms with van der Waals surface area (Å²) in [7, 11) is 0. The van der Waals surface area contributed by atoms with Gasteiger partial charge in [0.1, 0.15) is 5.01 Å². The monoisotopic (exact) mass is 491 g/mol. The van der Waals surface area contributed by atoms with Crippen molar-refractivity contribution in [3.8, 4) is 0 Å². The maximum atomic E-state index is 12.4. The Bertz CT molecular complexity index is 1550. The summed E-state index contributed by atoms with van der Waals surface area (Å²) in [5.41, 5.74) is 2.81. The van der Waals surface area contributed by atoms with Gasteiger partial charge in [0.15, 0.2) is 4.34 Å². The molecule has 10 heteroatoms. The Hall–Kier alpha value is -3.08. The van der Waals surface area contributed by atoms with E-state index < -0.39 is 0 Å². The lowest BCUT2D eigenvalue weighted by atomic mass is 10.2. The molecular weight excluding hydrogens is 474 g/mol. The maximum absolute atomic E-state index is 12.4. The zero-order valence-corrected chi connectivity index (χ0v) is 19.7. The topological polar surface area (TPSA) is 89.2 Å². The minimum Gasteiger partial charge on any atom is -0.322 e. The molecule has 0 radical (unpaired) electrons. The number of aromatic nitrogens is 4. The van der Waals surface area contributed by atoms with E-state index in [9.17, 15) is 9.59 Å². The molecule has 1 amide bonds. The van der Waals surface area contributed by atoms with Crippen LogP contribution in [-0.4, -0.2) is 25.5 Å². The third-order valence-corrected chi connectivity index (χ3v) is 8.51. The summed E-state index contributed by atoms with van der Waals surface area (Å²) < 4.78 is 3.29. The van der Waals surface area contributed by atoms with Gasteiger partial charge in [0, 0.05) is 29.0 Å². The fraction of sp³-hybridized carbons (Fsp3) is 0.174. The molecule has 3 heterocycles. The van der Waals surface area contributed by atoms with E-state index in [1.54, 1.807) is 41.3 Å². The van der Waals surface area contributed by atoms with Gasteiger partial charge in [0.25, 0.3) is 11.5 Å². The van der Waals surface area contributed by atoms with Crippen LogP contribution in [0, 0.1) is 0 Å². The Morgan fingerprint density at radius 2 is 1.94 bits per heavy atom. The number of amides is 1. The average molecular weight is 492 g/mol. The SMILES string of the molecule is O=C(Nc1ccc2nc(SCc3cc(=O)n4nc(C5CC5)sc4n3)sc2c1)c1ccccc1. The van der Waals surface area contributed by atoms with Gasteiger partial charge in [-0.15, -0.1) is 11.3 Å². The highest BCUT2D eigenvalue weighted by Crippen LogP contribution is 2.41. The summed E-state index contributed by atoms with van der Waals surface area (Å²) in [4.78, 5) is 34.8. The minimum absolute atomic E-state index is 0.137. The summed E-state index contributed by atoms with van der Waals surface area (Å²) in [6.45, 7) is 0. The molecule has 3 aromatic heterocycles. The van der Waals surface area contributed by atoms with Crippen molar-refractivity contribution in [3.63, 3.8) is 0 Å². The van der Waals surface area contributed by atoms with Crippen LogP contribution in [0.4, 0.5) is 5.69 Å². The second-order valence-electron chi connectivity index (χ2n) is 7.77. The van der Waals surface area contributed by atoms with Crippen molar-refractivity contribution in [1.82, 2.24) is 19.6 Å². The number of anilines is 1. The summed E-state index contributed by atoms with van der Waals surface area (Å²) >= 11 is 4.62. The van der Waals surface area contributed by atoms with Crippen LogP contribution in [-0.2, 0) is 5.75 Å². The molecule has 0 unspecified atom stereocenters. The van der Waals surface area contributed by atoms with Gasteiger partial charge < -0.3 is 5.32 Å². The zero-order valence-electron chi connectivity index (χ0n) is 17.2. The number of nitrogens with one attached hydrogen (secondary N) is 1. The van der Waals surface area contributed by atoms with Crippen molar-refractivity contribution in [3.05, 3.63) is 81.2 Å². The van der Waals surface area contributed by atoms with Gasteiger partial charge in [-0.25, -0.2) is 9.97 Å². The molecule has 1 saturated carbocycles. The Kier molecular flexibility index (Phi) is 5.20. The number of nitrogens with zero attached hydrogens (tertiary/aromatic N) is 4. The van der Waals surface area contributed by atoms with Crippen molar-refractivity contribution in [2.45, 2.75) is 28.9 Å². The molecule has 0 bridgehead atoms. The molecule has 0 spiro atoms. The molecule has 0 aliphatic heterocycles. The number of carbonyl (C=O) groups excluding carboxylic acids is 1. The van der Waals surface area contributed by atoms with Crippen molar-refractivity contribution in [1.29, 1.82) is 0 Å². The first-order valence-corrected chi connectivity index (χ1v) is 13.0. The van der Waals surface area contributed by atoms with Crippen LogP contribution < -0.4 is 10.9 Å². The number of thioether (sulfide) groups is 1. The first-order chi connectivity index (χ1) is 16.1. The Balaban J connectivity index is 1.18. The van der Waals surface area contributed by atoms with E-state index in [2.05, 4.69) is 20.4 Å². The second-order valence-corrected chi connectivity index (χ2v) is 11.0. The highest BCUT2D eigenvalue weighted by atomic mass is 32.2. The number of hydrogen-bond acceptors (Lipinski definition) is 8. The molecule has 33 heavy (non-hydrogen) atoms. The van der Waals surface area contributed by atoms with Crippen LogP contribution in [0.25, 0.3) is 15.2 Å². The van der Waals surface area contributed by atoms with Gasteiger partial charge in [-0.1, -0.05) is 41.3 Å². The zero-order chi connectivity index (χ0) is 22.4. The van der Waals surface area contributed by atoms with Gasteiger partial charge in [-0.05, 0) is 43.2 Å². The third-order valence-electron chi connectivity index (χ3n) is 5.25. The molecule has 6 rings (SSSR count). The van der Waals surface area contributed by atoms with Crippen molar-refractivity contribution < 1.29 is 4.79 Å². The van der Waals surface area contributed by atoms with E-state index in [0.29, 0.717) is 22.2 Å². The van der Waals surface area contributed by atoms with Crippen LogP contribution in [0.2, 0.25) is 0 Å². The van der Waals surface area contributed by atoms with Crippen molar-refractivity contribution in [2.75, 3.05) is 5.32 Å². The smallest absolute Gasteiger partial charge is 0.275 e. The number of hydrogen-bond donors (Lipinski definition) is 1. The molecular formula is C23H17N5O2S3. The van der Waals surface area contributed by atoms with Gasteiger partial charge in [0.2, 0.25) is 4.96 Å². The summed E-state index contributed by atoms with van der Waals surface area (Å²) in [5, 5.41) is 8.37. The third kappa shape index (κ3) is 4.29. The lowest BCUT2D eigenvalue weighted by Crippen LogP contribution is -2.15. The Morgan fingerprint density at radius 3 is 2.76 bits per heavy atom. The highest BCUT2D eigenvalue weighted by molar-refractivity contribution is 8.00. The lowest BCUT2D eigenvalue weighted by Gasteiger charge is -2.04. The molecule has 1 aliphatic carbocycles. The molecule has 1 aliphatic rings. The Morgan fingerprint density at radius 1 is 1.09 bits per heavy atom. The number of thiazole rings is 1. The standard InChI is InChI=1S/C23H17N5O2S3/c29-19-11-16(25-22-28(19)27-21(33-22)14-6-7-14)12-31-23-26-17-9-8-15(10-18(17)32-23)24-20(30)13-4-2-1-3-5-13/h1-5,8-11,14H,6-7,12H2,(H,24,30). The van der Waals surface area contributed by atoms with Gasteiger partial charge in [0.05, 0.1) is 15.9 Å². The average Bonchev–Trinajstić information content (AvgIpc) is 3.45. The summed E-state index contributed by atoms with van der Waals surface area (Å²) in [6, 6.07) is 16.4. The summed E-state index contributed by atoms with van der Waals surface area (Å²) in [5.74, 6) is 0.911. The van der Waals surface area contributed by atoms with E-state index in [0.717, 1.165) is 43.8 Å². The number of carbonyl (C=O) groups is 1. The van der Waals surface area contributed by atoms with E-state index in [-0.39, 0.29) is 11.5 Å². The molecule has 0 atom stereocenters. The van der Waals surface area contributed by atoms with Gasteiger partial charge in [-0.2, -0.15) is 9.61 Å². The summed E-state index contributed by atoms with van der Waals surface area (Å²) in [6.07, 6.45) is 2.29. The van der Waals surface area contributed by atoms with Crippen molar-refractivity contribution >= 4 is 61.2 Å². The largest absolute Gasteiger partial charge is 0.322 e. The molecule has 1 fully saturated rings. The minimum atomic E-state index is -0.144. The molecule has 7 nitrogen and oxygen atoms in total. The lowest BCUT2D eigenvalue weighted by molar-refractivity contribution is 0.102. The van der Waals surface area contributed by atoms with Crippen molar-refractivity contribution in [2.24, 2.45) is 0 Å². The molecule has 5 aromatic rings.